The van der Waals surface area contributed by atoms with Crippen LogP contribution in [0.2, 0.25) is 5.02 Å². The van der Waals surface area contributed by atoms with Crippen LogP contribution in [-0.2, 0) is 6.42 Å². The van der Waals surface area contributed by atoms with E-state index in [2.05, 4.69) is 15.9 Å². The summed E-state index contributed by atoms with van der Waals surface area (Å²) in [5.41, 5.74) is 2.13. The number of aryl methyl sites for hydroxylation is 1. The topological polar surface area (TPSA) is 17.1 Å². The standard InChI is InChI=1S/C15H11BrClFO/c1-9-6-12(18)4-2-10(9)7-15(19)13-8-11(17)3-5-14(13)16/h2-6,8H,7H2,1H3. The van der Waals surface area contributed by atoms with Crippen LogP contribution in [0.4, 0.5) is 4.39 Å². The SMILES string of the molecule is Cc1cc(F)ccc1CC(=O)c1cc(Cl)ccc1Br. The highest BCUT2D eigenvalue weighted by molar-refractivity contribution is 9.10. The van der Waals surface area contributed by atoms with Gasteiger partial charge in [-0.1, -0.05) is 33.6 Å². The minimum absolute atomic E-state index is 0.0518. The zero-order chi connectivity index (χ0) is 14.0. The lowest BCUT2D eigenvalue weighted by atomic mass is 9.99. The summed E-state index contributed by atoms with van der Waals surface area (Å²) in [4.78, 5) is 12.2. The molecule has 0 saturated heterocycles. The van der Waals surface area contributed by atoms with Gasteiger partial charge in [0.15, 0.2) is 5.78 Å². The van der Waals surface area contributed by atoms with E-state index in [9.17, 15) is 9.18 Å². The van der Waals surface area contributed by atoms with Crippen LogP contribution in [0.25, 0.3) is 0 Å². The van der Waals surface area contributed by atoms with Crippen molar-refractivity contribution in [3.63, 3.8) is 0 Å². The molecule has 0 heterocycles. The minimum Gasteiger partial charge on any atom is -0.294 e. The summed E-state index contributed by atoms with van der Waals surface area (Å²) in [5.74, 6) is -0.346. The summed E-state index contributed by atoms with van der Waals surface area (Å²) in [6.45, 7) is 1.79. The molecule has 0 fully saturated rings. The Morgan fingerprint density at radius 1 is 1.26 bits per heavy atom. The van der Waals surface area contributed by atoms with Gasteiger partial charge in [0.05, 0.1) is 0 Å². The Bertz CT molecular complexity index is 640. The lowest BCUT2D eigenvalue weighted by Gasteiger charge is -2.07. The number of ketones is 1. The van der Waals surface area contributed by atoms with Gasteiger partial charge in [0.25, 0.3) is 0 Å². The summed E-state index contributed by atoms with van der Waals surface area (Å²) < 4.78 is 13.7. The third kappa shape index (κ3) is 3.43. The largest absolute Gasteiger partial charge is 0.294 e. The minimum atomic E-state index is -0.294. The Hall–Kier alpha value is -1.19. The summed E-state index contributed by atoms with van der Waals surface area (Å²) in [6, 6.07) is 9.52. The first-order valence-corrected chi connectivity index (χ1v) is 6.88. The van der Waals surface area contributed by atoms with Gasteiger partial charge < -0.3 is 0 Å². The molecule has 2 aromatic rings. The number of halogens is 3. The number of hydrogen-bond acceptors (Lipinski definition) is 1. The second-order valence-electron chi connectivity index (χ2n) is 4.29. The highest BCUT2D eigenvalue weighted by Crippen LogP contribution is 2.23. The van der Waals surface area contributed by atoms with Crippen LogP contribution in [0.5, 0.6) is 0 Å². The number of carbonyl (C=O) groups is 1. The van der Waals surface area contributed by atoms with Crippen LogP contribution in [0.15, 0.2) is 40.9 Å². The molecule has 0 atom stereocenters. The Kier molecular flexibility index (Phi) is 4.38. The molecule has 0 bridgehead atoms. The van der Waals surface area contributed by atoms with Gasteiger partial charge in [0.1, 0.15) is 5.82 Å². The van der Waals surface area contributed by atoms with Crippen molar-refractivity contribution in [2.45, 2.75) is 13.3 Å². The van der Waals surface area contributed by atoms with Gasteiger partial charge in [-0.2, -0.15) is 0 Å². The molecule has 0 amide bonds. The van der Waals surface area contributed by atoms with Crippen molar-refractivity contribution < 1.29 is 9.18 Å². The number of hydrogen-bond donors (Lipinski definition) is 0. The lowest BCUT2D eigenvalue weighted by molar-refractivity contribution is 0.0992. The Morgan fingerprint density at radius 2 is 2.00 bits per heavy atom. The van der Waals surface area contributed by atoms with E-state index in [1.807, 2.05) is 0 Å². The monoisotopic (exact) mass is 340 g/mol. The van der Waals surface area contributed by atoms with Crippen LogP contribution in [-0.4, -0.2) is 5.78 Å². The Morgan fingerprint density at radius 3 is 2.68 bits per heavy atom. The predicted molar refractivity (Wildman–Crippen MR) is 78.3 cm³/mol. The highest BCUT2D eigenvalue weighted by atomic mass is 79.9. The lowest BCUT2D eigenvalue weighted by Crippen LogP contribution is -2.06. The molecule has 0 aliphatic carbocycles. The molecule has 0 aliphatic heterocycles. The maximum atomic E-state index is 13.0. The van der Waals surface area contributed by atoms with E-state index in [1.54, 1.807) is 31.2 Å². The van der Waals surface area contributed by atoms with Gasteiger partial charge in [-0.25, -0.2) is 4.39 Å². The Labute approximate surface area is 124 Å². The molecule has 2 aromatic carbocycles. The fraction of sp³-hybridized carbons (Fsp3) is 0.133. The van der Waals surface area contributed by atoms with Crippen molar-refractivity contribution in [1.29, 1.82) is 0 Å². The molecule has 0 aliphatic rings. The first-order valence-electron chi connectivity index (χ1n) is 5.70. The van der Waals surface area contributed by atoms with E-state index < -0.39 is 0 Å². The molecule has 0 unspecified atom stereocenters. The molecule has 1 nitrogen and oxygen atoms in total. The molecule has 98 valence electrons. The first kappa shape index (κ1) is 14.2. The molecule has 0 spiro atoms. The van der Waals surface area contributed by atoms with Crippen molar-refractivity contribution in [3.05, 3.63) is 68.4 Å². The summed E-state index contributed by atoms with van der Waals surface area (Å²) >= 11 is 9.23. The van der Waals surface area contributed by atoms with Crippen LogP contribution >= 0.6 is 27.5 Å². The number of Topliss-reactive ketones (excluding diaryl/α,β-unsaturated/α-hetero) is 1. The zero-order valence-corrected chi connectivity index (χ0v) is 12.6. The van der Waals surface area contributed by atoms with Crippen LogP contribution in [0.1, 0.15) is 21.5 Å². The van der Waals surface area contributed by atoms with Crippen molar-refractivity contribution in [2.75, 3.05) is 0 Å². The van der Waals surface area contributed by atoms with E-state index in [1.165, 1.54) is 12.1 Å². The van der Waals surface area contributed by atoms with Gasteiger partial charge in [-0.3, -0.25) is 4.79 Å². The summed E-state index contributed by atoms with van der Waals surface area (Å²) in [7, 11) is 0. The van der Waals surface area contributed by atoms with E-state index in [4.69, 9.17) is 11.6 Å². The van der Waals surface area contributed by atoms with Crippen molar-refractivity contribution in [1.82, 2.24) is 0 Å². The number of benzene rings is 2. The predicted octanol–water partition coefficient (Wildman–Crippen LogP) is 4.98. The Balaban J connectivity index is 2.28. The second kappa shape index (κ2) is 5.85. The van der Waals surface area contributed by atoms with Crippen LogP contribution in [0.3, 0.4) is 0 Å². The van der Waals surface area contributed by atoms with Gasteiger partial charge in [0.2, 0.25) is 0 Å². The quantitative estimate of drug-likeness (QED) is 0.720. The maximum Gasteiger partial charge on any atom is 0.168 e. The normalized spacial score (nSPS) is 10.5. The molecule has 0 radical (unpaired) electrons. The number of carbonyl (C=O) groups excluding carboxylic acids is 1. The van der Waals surface area contributed by atoms with Crippen molar-refractivity contribution >= 4 is 33.3 Å². The molecule has 0 N–H and O–H groups in total. The van der Waals surface area contributed by atoms with Crippen LogP contribution in [0, 0.1) is 12.7 Å². The first-order chi connectivity index (χ1) is 8.97. The molecule has 0 aromatic heterocycles. The molecule has 2 rings (SSSR count). The summed E-state index contributed by atoms with van der Waals surface area (Å²) in [6.07, 6.45) is 0.227. The third-order valence-electron chi connectivity index (χ3n) is 2.88. The fourth-order valence-electron chi connectivity index (χ4n) is 1.84. The fourth-order valence-corrected chi connectivity index (χ4v) is 2.48. The average molecular weight is 342 g/mol. The van der Waals surface area contributed by atoms with E-state index in [0.29, 0.717) is 15.1 Å². The van der Waals surface area contributed by atoms with Crippen molar-refractivity contribution in [2.24, 2.45) is 0 Å². The maximum absolute atomic E-state index is 13.0. The molecule has 0 saturated carbocycles. The highest BCUT2D eigenvalue weighted by Gasteiger charge is 2.13. The zero-order valence-electron chi connectivity index (χ0n) is 10.2. The van der Waals surface area contributed by atoms with Crippen molar-refractivity contribution in [3.8, 4) is 0 Å². The third-order valence-corrected chi connectivity index (χ3v) is 3.81. The average Bonchev–Trinajstić information content (AvgIpc) is 2.35. The van der Waals surface area contributed by atoms with Gasteiger partial charge in [-0.15, -0.1) is 0 Å². The smallest absolute Gasteiger partial charge is 0.168 e. The van der Waals surface area contributed by atoms with E-state index >= 15 is 0 Å². The molecule has 4 heteroatoms. The van der Waals surface area contributed by atoms with E-state index in [0.717, 1.165) is 11.1 Å². The molecular formula is C15H11BrClFO. The second-order valence-corrected chi connectivity index (χ2v) is 5.59. The molecular weight excluding hydrogens is 331 g/mol. The van der Waals surface area contributed by atoms with E-state index in [-0.39, 0.29) is 18.0 Å². The van der Waals surface area contributed by atoms with Crippen LogP contribution < -0.4 is 0 Å². The molecule has 19 heavy (non-hydrogen) atoms. The van der Waals surface area contributed by atoms with Gasteiger partial charge in [-0.05, 0) is 48.4 Å². The van der Waals surface area contributed by atoms with Gasteiger partial charge in [0, 0.05) is 21.5 Å². The number of rotatable bonds is 3. The van der Waals surface area contributed by atoms with Gasteiger partial charge >= 0.3 is 0 Å². The summed E-state index contributed by atoms with van der Waals surface area (Å²) in [5, 5.41) is 0.516.